The average molecular weight is 505 g/mol. The van der Waals surface area contributed by atoms with Gasteiger partial charge in [-0.3, -0.25) is 4.57 Å². The lowest BCUT2D eigenvalue weighted by Crippen LogP contribution is -2.32. The number of aryl methyl sites for hydroxylation is 2. The van der Waals surface area contributed by atoms with Crippen molar-refractivity contribution >= 4 is 23.1 Å². The molecule has 1 saturated heterocycles. The van der Waals surface area contributed by atoms with Crippen LogP contribution in [0.15, 0.2) is 61.2 Å². The Labute approximate surface area is 212 Å². The lowest BCUT2D eigenvalue weighted by Gasteiger charge is -2.19. The molecule has 3 atom stereocenters. The molecular formula is C27H25FN4O5. The van der Waals surface area contributed by atoms with Crippen LogP contribution in [0.25, 0.3) is 11.2 Å². The van der Waals surface area contributed by atoms with E-state index < -0.39 is 37.0 Å². The minimum Gasteiger partial charge on any atom is -0.459 e. The fourth-order valence-electron chi connectivity index (χ4n) is 4.18. The minimum absolute atomic E-state index is 0.133. The van der Waals surface area contributed by atoms with Gasteiger partial charge in [0.2, 0.25) is 0 Å². The van der Waals surface area contributed by atoms with Crippen LogP contribution in [-0.4, -0.2) is 50.3 Å². The smallest absolute Gasteiger partial charge is 0.338 e. The summed E-state index contributed by atoms with van der Waals surface area (Å²) in [6.07, 6.45) is 0.915. The van der Waals surface area contributed by atoms with Crippen LogP contribution in [-0.2, 0) is 20.9 Å². The lowest BCUT2D eigenvalue weighted by atomic mass is 10.1. The Kier molecular flexibility index (Phi) is 6.91. The van der Waals surface area contributed by atoms with Crippen LogP contribution in [0, 0.1) is 13.8 Å². The molecule has 0 N–H and O–H groups in total. The highest BCUT2D eigenvalue weighted by Gasteiger charge is 2.40. The number of imidazole rings is 1. The topological polar surface area (TPSA) is 105 Å². The highest BCUT2D eigenvalue weighted by Crippen LogP contribution is 2.34. The monoisotopic (exact) mass is 504 g/mol. The van der Waals surface area contributed by atoms with Crippen LogP contribution >= 0.6 is 0 Å². The fraction of sp³-hybridized carbons (Fsp3) is 0.296. The van der Waals surface area contributed by atoms with Crippen LogP contribution < -0.4 is 0 Å². The Morgan fingerprint density at radius 2 is 1.62 bits per heavy atom. The largest absolute Gasteiger partial charge is 0.459 e. The van der Waals surface area contributed by atoms with E-state index in [9.17, 15) is 14.0 Å². The average Bonchev–Trinajstić information content (AvgIpc) is 3.52. The zero-order valence-corrected chi connectivity index (χ0v) is 20.3. The zero-order chi connectivity index (χ0) is 25.9. The molecule has 4 aromatic rings. The van der Waals surface area contributed by atoms with Crippen molar-refractivity contribution in [3.63, 3.8) is 0 Å². The second-order valence-electron chi connectivity index (χ2n) is 8.92. The van der Waals surface area contributed by atoms with Crippen molar-refractivity contribution in [1.82, 2.24) is 19.5 Å². The van der Waals surface area contributed by atoms with Gasteiger partial charge in [0.15, 0.2) is 5.65 Å². The number of carbonyl (C=O) groups is 2. The molecule has 2 aromatic heterocycles. The minimum atomic E-state index is -0.782. The Bertz CT molecular complexity index is 1420. The third-order valence-electron chi connectivity index (χ3n) is 6.26. The summed E-state index contributed by atoms with van der Waals surface area (Å²) in [5.41, 5.74) is 3.75. The summed E-state index contributed by atoms with van der Waals surface area (Å²) in [5.74, 6) is -1.02. The van der Waals surface area contributed by atoms with Gasteiger partial charge in [0.1, 0.15) is 49.3 Å². The van der Waals surface area contributed by atoms with Crippen molar-refractivity contribution in [2.75, 3.05) is 6.61 Å². The Hall–Kier alpha value is -4.18. The summed E-state index contributed by atoms with van der Waals surface area (Å²) < 4.78 is 32.5. The first-order valence-corrected chi connectivity index (χ1v) is 11.8. The van der Waals surface area contributed by atoms with Gasteiger partial charge in [-0.25, -0.2) is 28.9 Å². The molecule has 190 valence electrons. The Morgan fingerprint density at radius 1 is 0.973 bits per heavy atom. The number of esters is 2. The third-order valence-corrected chi connectivity index (χ3v) is 6.26. The van der Waals surface area contributed by atoms with Crippen LogP contribution in [0.2, 0.25) is 0 Å². The van der Waals surface area contributed by atoms with E-state index in [2.05, 4.69) is 15.0 Å². The van der Waals surface area contributed by atoms with E-state index in [1.807, 2.05) is 38.1 Å². The van der Waals surface area contributed by atoms with E-state index in [1.165, 1.54) is 12.7 Å². The van der Waals surface area contributed by atoms with Crippen molar-refractivity contribution in [1.29, 1.82) is 0 Å². The van der Waals surface area contributed by atoms with Crippen molar-refractivity contribution in [2.45, 2.75) is 45.4 Å². The van der Waals surface area contributed by atoms with Crippen molar-refractivity contribution in [2.24, 2.45) is 0 Å². The first-order chi connectivity index (χ1) is 17.9. The SMILES string of the molecule is Cc1ccc(C(=O)OC[C@H]2O[C@@H](n3cnc4c(CF)ncnc43)C[C@@H]2OC(=O)c2ccc(C)cc2)cc1. The van der Waals surface area contributed by atoms with E-state index in [0.29, 0.717) is 22.3 Å². The van der Waals surface area contributed by atoms with Crippen LogP contribution in [0.1, 0.15) is 50.2 Å². The van der Waals surface area contributed by atoms with E-state index in [1.54, 1.807) is 28.8 Å². The molecule has 0 aliphatic carbocycles. The number of nitrogens with zero attached hydrogens (tertiary/aromatic N) is 4. The maximum Gasteiger partial charge on any atom is 0.338 e. The summed E-state index contributed by atoms with van der Waals surface area (Å²) in [5, 5.41) is 0. The predicted molar refractivity (Wildman–Crippen MR) is 131 cm³/mol. The van der Waals surface area contributed by atoms with Gasteiger partial charge in [0.25, 0.3) is 0 Å². The molecule has 0 bridgehead atoms. The van der Waals surface area contributed by atoms with Crippen LogP contribution in [0.4, 0.5) is 4.39 Å². The Balaban J connectivity index is 1.36. The standard InChI is InChI=1S/C27H25FN4O5/c1-16-3-7-18(8-4-16)26(33)35-13-22-21(37-27(34)19-9-5-17(2)6-10-19)11-23(36-22)32-15-31-24-20(12-28)29-14-30-25(24)32/h3-10,14-15,21-23H,11-13H2,1-2H3/t21-,22+,23+/m0/s1. The summed E-state index contributed by atoms with van der Waals surface area (Å²) in [4.78, 5) is 37.9. The third kappa shape index (κ3) is 5.19. The maximum atomic E-state index is 13.4. The van der Waals surface area contributed by atoms with Gasteiger partial charge in [-0.15, -0.1) is 0 Å². The molecular weight excluding hydrogens is 479 g/mol. The van der Waals surface area contributed by atoms with Crippen LogP contribution in [0.3, 0.4) is 0 Å². The van der Waals surface area contributed by atoms with Crippen LogP contribution in [0.5, 0.6) is 0 Å². The van der Waals surface area contributed by atoms with Gasteiger partial charge in [-0.05, 0) is 38.1 Å². The molecule has 0 saturated carbocycles. The molecule has 1 aliphatic rings. The van der Waals surface area contributed by atoms with Crippen molar-refractivity contribution < 1.29 is 28.2 Å². The molecule has 0 amide bonds. The molecule has 1 aliphatic heterocycles. The van der Waals surface area contributed by atoms with Crippen molar-refractivity contribution in [3.8, 4) is 0 Å². The second-order valence-corrected chi connectivity index (χ2v) is 8.92. The molecule has 1 fully saturated rings. The number of hydrogen-bond acceptors (Lipinski definition) is 8. The van der Waals surface area contributed by atoms with Gasteiger partial charge >= 0.3 is 11.9 Å². The van der Waals surface area contributed by atoms with E-state index in [0.717, 1.165) is 11.1 Å². The molecule has 0 radical (unpaired) electrons. The molecule has 9 nitrogen and oxygen atoms in total. The summed E-state index contributed by atoms with van der Waals surface area (Å²) in [7, 11) is 0. The second kappa shape index (κ2) is 10.4. The molecule has 5 rings (SSSR count). The highest BCUT2D eigenvalue weighted by atomic mass is 19.1. The molecule has 37 heavy (non-hydrogen) atoms. The number of ether oxygens (including phenoxy) is 3. The number of hydrogen-bond donors (Lipinski definition) is 0. The van der Waals surface area contributed by atoms with Crippen molar-refractivity contribution in [3.05, 3.63) is 89.1 Å². The maximum absolute atomic E-state index is 13.4. The number of benzene rings is 2. The molecule has 0 spiro atoms. The lowest BCUT2D eigenvalue weighted by molar-refractivity contribution is -0.0563. The first kappa shape index (κ1) is 24.5. The van der Waals surface area contributed by atoms with Gasteiger partial charge in [-0.1, -0.05) is 35.4 Å². The van der Waals surface area contributed by atoms with E-state index in [-0.39, 0.29) is 18.7 Å². The highest BCUT2D eigenvalue weighted by molar-refractivity contribution is 5.90. The fourth-order valence-corrected chi connectivity index (χ4v) is 4.18. The van der Waals surface area contributed by atoms with Gasteiger partial charge in [0, 0.05) is 6.42 Å². The zero-order valence-electron chi connectivity index (χ0n) is 20.3. The van der Waals surface area contributed by atoms with E-state index in [4.69, 9.17) is 14.2 Å². The first-order valence-electron chi connectivity index (χ1n) is 11.8. The number of rotatable bonds is 7. The quantitative estimate of drug-likeness (QED) is 0.344. The normalized spacial score (nSPS) is 19.2. The van der Waals surface area contributed by atoms with E-state index >= 15 is 0 Å². The summed E-state index contributed by atoms with van der Waals surface area (Å²) >= 11 is 0. The number of aromatic nitrogens is 4. The number of alkyl halides is 1. The summed E-state index contributed by atoms with van der Waals surface area (Å²) in [6, 6.07) is 14.0. The number of fused-ring (bicyclic) bond motifs is 1. The molecule has 0 unspecified atom stereocenters. The van der Waals surface area contributed by atoms with Gasteiger partial charge in [-0.2, -0.15) is 0 Å². The molecule has 2 aromatic carbocycles. The predicted octanol–water partition coefficient (Wildman–Crippen LogP) is 4.28. The molecule has 3 heterocycles. The molecule has 10 heteroatoms. The number of halogens is 1. The summed E-state index contributed by atoms with van der Waals surface area (Å²) in [6.45, 7) is 2.94. The van der Waals surface area contributed by atoms with Gasteiger partial charge in [0.05, 0.1) is 17.5 Å². The van der Waals surface area contributed by atoms with Gasteiger partial charge < -0.3 is 14.2 Å². The number of carbonyl (C=O) groups excluding carboxylic acids is 2. The Morgan fingerprint density at radius 3 is 2.27 bits per heavy atom.